The molecule has 1 N–H and O–H groups in total. The molecule has 6 heteroatoms. The van der Waals surface area contributed by atoms with Crippen LogP contribution in [0.25, 0.3) is 0 Å². The second kappa shape index (κ2) is 3.71. The third-order valence-electron chi connectivity index (χ3n) is 3.49. The average Bonchev–Trinajstić information content (AvgIpc) is 2.89. The van der Waals surface area contributed by atoms with Gasteiger partial charge in [-0.25, -0.2) is 4.79 Å². The van der Waals surface area contributed by atoms with Crippen molar-refractivity contribution in [1.82, 2.24) is 15.1 Å². The lowest BCUT2D eigenvalue weighted by Gasteiger charge is -2.27. The molecule has 0 aromatic carbocycles. The van der Waals surface area contributed by atoms with E-state index in [-0.39, 0.29) is 24.0 Å². The molecule has 0 aromatic heterocycles. The molecule has 3 rings (SSSR count). The van der Waals surface area contributed by atoms with E-state index in [1.54, 1.807) is 4.90 Å². The largest absolute Gasteiger partial charge is 0.379 e. The number of hydrogen-bond acceptors (Lipinski definition) is 4. The Bertz CT molecular complexity index is 303. The quantitative estimate of drug-likeness (QED) is 0.582. The smallest absolute Gasteiger partial charge is 0.327 e. The van der Waals surface area contributed by atoms with Crippen molar-refractivity contribution >= 4 is 11.9 Å². The molecule has 0 saturated carbocycles. The molecule has 3 amide bonds. The van der Waals surface area contributed by atoms with Crippen LogP contribution in [0.15, 0.2) is 0 Å². The fraction of sp³-hybridized carbons (Fsp3) is 0.800. The lowest BCUT2D eigenvalue weighted by Crippen LogP contribution is -2.51. The Morgan fingerprint density at radius 3 is 2.94 bits per heavy atom. The summed E-state index contributed by atoms with van der Waals surface area (Å²) in [7, 11) is 0. The van der Waals surface area contributed by atoms with Gasteiger partial charge in [-0.05, 0) is 6.42 Å². The van der Waals surface area contributed by atoms with Gasteiger partial charge in [0, 0.05) is 26.2 Å². The Labute approximate surface area is 93.5 Å². The van der Waals surface area contributed by atoms with Gasteiger partial charge in [0.15, 0.2) is 0 Å². The van der Waals surface area contributed by atoms with Gasteiger partial charge in [0.2, 0.25) is 0 Å². The Morgan fingerprint density at radius 2 is 2.25 bits per heavy atom. The van der Waals surface area contributed by atoms with Crippen LogP contribution in [0.5, 0.6) is 0 Å². The highest BCUT2D eigenvalue weighted by molar-refractivity contribution is 6.04. The number of piperazine rings is 1. The average molecular weight is 225 g/mol. The van der Waals surface area contributed by atoms with Crippen molar-refractivity contribution in [2.75, 3.05) is 32.8 Å². The summed E-state index contributed by atoms with van der Waals surface area (Å²) in [5.41, 5.74) is 0. The Morgan fingerprint density at radius 1 is 1.38 bits per heavy atom. The van der Waals surface area contributed by atoms with Crippen LogP contribution >= 0.6 is 0 Å². The molecule has 2 unspecified atom stereocenters. The second-order valence-electron chi connectivity index (χ2n) is 4.42. The van der Waals surface area contributed by atoms with Gasteiger partial charge < -0.3 is 15.0 Å². The fourth-order valence-electron chi connectivity index (χ4n) is 2.61. The Kier molecular flexibility index (Phi) is 2.33. The van der Waals surface area contributed by atoms with Crippen LogP contribution in [0.4, 0.5) is 4.79 Å². The highest BCUT2D eigenvalue weighted by Gasteiger charge is 2.49. The third kappa shape index (κ3) is 1.33. The van der Waals surface area contributed by atoms with E-state index in [1.165, 1.54) is 4.90 Å². The molecule has 0 aliphatic carbocycles. The standard InChI is InChI=1S/C10H15N3O3/c14-9-8-5-11-2-3-12(8)10(15)13(9)7-1-4-16-6-7/h7-8,11H,1-6H2. The van der Waals surface area contributed by atoms with E-state index in [2.05, 4.69) is 5.32 Å². The number of nitrogens with one attached hydrogen (secondary N) is 1. The molecule has 3 saturated heterocycles. The summed E-state index contributed by atoms with van der Waals surface area (Å²) in [5, 5.41) is 3.15. The molecule has 2 atom stereocenters. The molecule has 3 fully saturated rings. The molecule has 0 bridgehead atoms. The van der Waals surface area contributed by atoms with Crippen LogP contribution in [0, 0.1) is 0 Å². The minimum absolute atomic E-state index is 0.0504. The molecule has 0 aromatic rings. The summed E-state index contributed by atoms with van der Waals surface area (Å²) in [5.74, 6) is -0.0623. The first-order chi connectivity index (χ1) is 7.79. The van der Waals surface area contributed by atoms with E-state index in [4.69, 9.17) is 4.74 Å². The summed E-state index contributed by atoms with van der Waals surface area (Å²) in [6.07, 6.45) is 0.769. The number of ether oxygens (including phenoxy) is 1. The molecule has 3 aliphatic rings. The molecule has 0 radical (unpaired) electrons. The number of imide groups is 1. The lowest BCUT2D eigenvalue weighted by molar-refractivity contribution is -0.130. The molecule has 3 aliphatic heterocycles. The molecular weight excluding hydrogens is 210 g/mol. The minimum Gasteiger partial charge on any atom is -0.379 e. The normalized spacial score (nSPS) is 34.8. The summed E-state index contributed by atoms with van der Waals surface area (Å²) in [6, 6.07) is -0.473. The summed E-state index contributed by atoms with van der Waals surface area (Å²) < 4.78 is 5.24. The third-order valence-corrected chi connectivity index (χ3v) is 3.49. The first-order valence-corrected chi connectivity index (χ1v) is 5.71. The number of rotatable bonds is 1. The predicted molar refractivity (Wildman–Crippen MR) is 54.8 cm³/mol. The highest BCUT2D eigenvalue weighted by Crippen LogP contribution is 2.24. The van der Waals surface area contributed by atoms with E-state index >= 15 is 0 Å². The zero-order chi connectivity index (χ0) is 11.1. The van der Waals surface area contributed by atoms with Crippen molar-refractivity contribution in [2.45, 2.75) is 18.5 Å². The fourth-order valence-corrected chi connectivity index (χ4v) is 2.61. The van der Waals surface area contributed by atoms with Crippen LogP contribution in [0.1, 0.15) is 6.42 Å². The van der Waals surface area contributed by atoms with Crippen LogP contribution in [0.2, 0.25) is 0 Å². The molecule has 3 heterocycles. The van der Waals surface area contributed by atoms with Gasteiger partial charge in [0.05, 0.1) is 12.6 Å². The van der Waals surface area contributed by atoms with Gasteiger partial charge in [-0.1, -0.05) is 0 Å². The lowest BCUT2D eigenvalue weighted by atomic mass is 10.2. The van der Waals surface area contributed by atoms with Crippen molar-refractivity contribution in [1.29, 1.82) is 0 Å². The number of nitrogens with zero attached hydrogens (tertiary/aromatic N) is 2. The van der Waals surface area contributed by atoms with Crippen molar-refractivity contribution in [3.8, 4) is 0 Å². The highest BCUT2D eigenvalue weighted by atomic mass is 16.5. The van der Waals surface area contributed by atoms with Crippen LogP contribution in [0.3, 0.4) is 0 Å². The van der Waals surface area contributed by atoms with Gasteiger partial charge >= 0.3 is 6.03 Å². The van der Waals surface area contributed by atoms with Crippen molar-refractivity contribution < 1.29 is 14.3 Å². The van der Waals surface area contributed by atoms with E-state index in [0.717, 1.165) is 13.0 Å². The Balaban J connectivity index is 1.83. The molecular formula is C10H15N3O3. The first-order valence-electron chi connectivity index (χ1n) is 5.71. The van der Waals surface area contributed by atoms with Gasteiger partial charge in [0.25, 0.3) is 5.91 Å². The first kappa shape index (κ1) is 10.0. The molecule has 88 valence electrons. The van der Waals surface area contributed by atoms with Crippen molar-refractivity contribution in [2.24, 2.45) is 0 Å². The number of fused-ring (bicyclic) bond motifs is 1. The molecule has 0 spiro atoms. The van der Waals surface area contributed by atoms with Crippen molar-refractivity contribution in [3.05, 3.63) is 0 Å². The number of urea groups is 1. The van der Waals surface area contributed by atoms with E-state index in [0.29, 0.717) is 26.3 Å². The summed E-state index contributed by atoms with van der Waals surface area (Å²) in [4.78, 5) is 27.3. The monoisotopic (exact) mass is 225 g/mol. The van der Waals surface area contributed by atoms with Gasteiger partial charge in [-0.15, -0.1) is 0 Å². The summed E-state index contributed by atoms with van der Waals surface area (Å²) in [6.45, 7) is 3.11. The summed E-state index contributed by atoms with van der Waals surface area (Å²) >= 11 is 0. The maximum Gasteiger partial charge on any atom is 0.327 e. The maximum atomic E-state index is 12.1. The second-order valence-corrected chi connectivity index (χ2v) is 4.42. The minimum atomic E-state index is -0.290. The SMILES string of the molecule is O=C1C2CNCCN2C(=O)N1C1CCOC1. The van der Waals surface area contributed by atoms with E-state index < -0.39 is 0 Å². The van der Waals surface area contributed by atoms with Gasteiger partial charge in [-0.2, -0.15) is 0 Å². The molecule has 16 heavy (non-hydrogen) atoms. The van der Waals surface area contributed by atoms with E-state index in [9.17, 15) is 9.59 Å². The number of hydrogen-bond donors (Lipinski definition) is 1. The zero-order valence-corrected chi connectivity index (χ0v) is 9.02. The van der Waals surface area contributed by atoms with Gasteiger partial charge in [-0.3, -0.25) is 9.69 Å². The van der Waals surface area contributed by atoms with Crippen LogP contribution < -0.4 is 5.32 Å². The Hall–Kier alpha value is -1.14. The van der Waals surface area contributed by atoms with E-state index in [1.807, 2.05) is 0 Å². The van der Waals surface area contributed by atoms with Crippen LogP contribution in [-0.4, -0.2) is 66.7 Å². The van der Waals surface area contributed by atoms with Crippen LogP contribution in [-0.2, 0) is 9.53 Å². The van der Waals surface area contributed by atoms with Crippen molar-refractivity contribution in [3.63, 3.8) is 0 Å². The van der Waals surface area contributed by atoms with Gasteiger partial charge in [0.1, 0.15) is 6.04 Å². The number of amides is 3. The number of carbonyl (C=O) groups is 2. The predicted octanol–water partition coefficient (Wildman–Crippen LogP) is -0.989. The number of carbonyl (C=O) groups excluding carboxylic acids is 2. The topological polar surface area (TPSA) is 61.9 Å². The molecule has 6 nitrogen and oxygen atoms in total. The maximum absolute atomic E-state index is 12.1. The zero-order valence-electron chi connectivity index (χ0n) is 9.02.